The maximum absolute atomic E-state index is 13.2. The minimum atomic E-state index is -0.201. The molecule has 1 saturated heterocycles. The van der Waals surface area contributed by atoms with E-state index in [4.69, 9.17) is 4.52 Å². The molecule has 1 aliphatic heterocycles. The second-order valence-corrected chi connectivity index (χ2v) is 9.74. The average Bonchev–Trinajstić information content (AvgIpc) is 3.38. The van der Waals surface area contributed by atoms with Gasteiger partial charge in [-0.15, -0.1) is 0 Å². The van der Waals surface area contributed by atoms with E-state index in [1.54, 1.807) is 30.3 Å². The van der Waals surface area contributed by atoms with Gasteiger partial charge in [-0.1, -0.05) is 63.6 Å². The highest BCUT2D eigenvalue weighted by atomic mass is 79.9. The van der Waals surface area contributed by atoms with Crippen LogP contribution in [0, 0.1) is 5.92 Å². The van der Waals surface area contributed by atoms with Gasteiger partial charge in [0, 0.05) is 27.7 Å². The fraction of sp³-hybridized carbons (Fsp3) is 0.214. The first kappa shape index (κ1) is 24.1. The van der Waals surface area contributed by atoms with Crippen molar-refractivity contribution in [3.05, 3.63) is 100 Å². The first-order valence-corrected chi connectivity index (χ1v) is 12.7. The molecule has 3 aromatic carbocycles. The number of nitrogens with one attached hydrogen (secondary N) is 1. The van der Waals surface area contributed by atoms with Crippen molar-refractivity contribution in [1.82, 2.24) is 15.0 Å². The summed E-state index contributed by atoms with van der Waals surface area (Å²) >= 11 is 3.43. The smallest absolute Gasteiger partial charge is 0.241 e. The molecule has 1 atom stereocenters. The Morgan fingerprint density at radius 1 is 1.00 bits per heavy atom. The van der Waals surface area contributed by atoms with E-state index in [2.05, 4.69) is 36.3 Å². The van der Waals surface area contributed by atoms with E-state index in [-0.39, 0.29) is 17.6 Å². The van der Waals surface area contributed by atoms with E-state index in [0.29, 0.717) is 41.6 Å². The molecule has 1 fully saturated rings. The third-order valence-electron chi connectivity index (χ3n) is 6.27. The maximum atomic E-state index is 13.2. The maximum Gasteiger partial charge on any atom is 0.241 e. The summed E-state index contributed by atoms with van der Waals surface area (Å²) in [6.45, 7) is 1.91. The molecule has 1 N–H and O–H groups in total. The van der Waals surface area contributed by atoms with E-state index >= 15 is 0 Å². The van der Waals surface area contributed by atoms with Crippen molar-refractivity contribution in [2.45, 2.75) is 19.4 Å². The molecule has 36 heavy (non-hydrogen) atoms. The normalized spacial score (nSPS) is 16.0. The number of carbonyl (C=O) groups is 2. The summed E-state index contributed by atoms with van der Waals surface area (Å²) in [7, 11) is 0. The van der Waals surface area contributed by atoms with Gasteiger partial charge in [0.2, 0.25) is 17.6 Å². The molecule has 0 bridgehead atoms. The van der Waals surface area contributed by atoms with Gasteiger partial charge in [-0.3, -0.25) is 14.5 Å². The fourth-order valence-corrected chi connectivity index (χ4v) is 4.67. The van der Waals surface area contributed by atoms with Gasteiger partial charge in [0.25, 0.3) is 0 Å². The highest BCUT2D eigenvalue weighted by Gasteiger charge is 2.28. The molecular weight excluding hydrogens is 520 g/mol. The van der Waals surface area contributed by atoms with Crippen LogP contribution in [0.3, 0.4) is 0 Å². The molecule has 8 heteroatoms. The Bertz CT molecular complexity index is 1350. The molecule has 7 nitrogen and oxygen atoms in total. The number of likely N-dealkylation sites (tertiary alicyclic amines) is 1. The number of carbonyl (C=O) groups excluding carboxylic acids is 2. The van der Waals surface area contributed by atoms with Crippen LogP contribution < -0.4 is 5.32 Å². The topological polar surface area (TPSA) is 88.3 Å². The summed E-state index contributed by atoms with van der Waals surface area (Å²) < 4.78 is 6.46. The Hall–Kier alpha value is -3.62. The van der Waals surface area contributed by atoms with Crippen LogP contribution in [0.4, 0.5) is 5.69 Å². The standard InChI is InChI=1S/C28H25BrN4O3/c29-22-14-12-20(13-15-22)27-31-25(36-32-27)18-33-16-6-9-21(17-33)28(35)30-24-11-5-4-10-23(24)26(34)19-7-2-1-3-8-19/h1-5,7-8,10-15,21H,6,9,16-18H2,(H,30,35). The number of ketones is 1. The molecule has 1 aliphatic rings. The highest BCUT2D eigenvalue weighted by molar-refractivity contribution is 9.10. The largest absolute Gasteiger partial charge is 0.338 e. The number of anilines is 1. The van der Waals surface area contributed by atoms with E-state index < -0.39 is 0 Å². The molecule has 0 aliphatic carbocycles. The number of benzene rings is 3. The van der Waals surface area contributed by atoms with Crippen molar-refractivity contribution in [3.63, 3.8) is 0 Å². The average molecular weight is 545 g/mol. The molecular formula is C28H25BrN4O3. The lowest BCUT2D eigenvalue weighted by Crippen LogP contribution is -2.40. The summed E-state index contributed by atoms with van der Waals surface area (Å²) in [5, 5.41) is 7.11. The Morgan fingerprint density at radius 2 is 1.75 bits per heavy atom. The molecule has 4 aromatic rings. The van der Waals surface area contributed by atoms with Crippen molar-refractivity contribution < 1.29 is 14.1 Å². The van der Waals surface area contributed by atoms with Gasteiger partial charge in [-0.05, 0) is 55.8 Å². The van der Waals surface area contributed by atoms with Crippen LogP contribution >= 0.6 is 15.9 Å². The monoisotopic (exact) mass is 544 g/mol. The number of aromatic nitrogens is 2. The summed E-state index contributed by atoms with van der Waals surface area (Å²) in [6.07, 6.45) is 1.67. The van der Waals surface area contributed by atoms with Gasteiger partial charge in [0.1, 0.15) is 0 Å². The molecule has 1 unspecified atom stereocenters. The summed E-state index contributed by atoms with van der Waals surface area (Å²) in [4.78, 5) is 32.9. The van der Waals surface area contributed by atoms with Gasteiger partial charge >= 0.3 is 0 Å². The van der Waals surface area contributed by atoms with Crippen molar-refractivity contribution in [2.24, 2.45) is 5.92 Å². The van der Waals surface area contributed by atoms with Gasteiger partial charge in [-0.25, -0.2) is 0 Å². The van der Waals surface area contributed by atoms with Crippen LogP contribution in [0.5, 0.6) is 0 Å². The number of hydrogen-bond acceptors (Lipinski definition) is 6. The van der Waals surface area contributed by atoms with E-state index in [1.807, 2.05) is 48.5 Å². The van der Waals surface area contributed by atoms with E-state index in [1.165, 1.54) is 0 Å². The van der Waals surface area contributed by atoms with Crippen molar-refractivity contribution in [2.75, 3.05) is 18.4 Å². The van der Waals surface area contributed by atoms with E-state index in [9.17, 15) is 9.59 Å². The molecule has 0 radical (unpaired) electrons. The highest BCUT2D eigenvalue weighted by Crippen LogP contribution is 2.24. The Kier molecular flexibility index (Phi) is 7.34. The van der Waals surface area contributed by atoms with Crippen LogP contribution in [-0.4, -0.2) is 39.8 Å². The molecule has 2 heterocycles. The van der Waals surface area contributed by atoms with Crippen LogP contribution in [0.25, 0.3) is 11.4 Å². The van der Waals surface area contributed by atoms with Crippen LogP contribution in [-0.2, 0) is 11.3 Å². The van der Waals surface area contributed by atoms with Gasteiger partial charge < -0.3 is 9.84 Å². The van der Waals surface area contributed by atoms with Gasteiger partial charge in [-0.2, -0.15) is 4.98 Å². The number of para-hydroxylation sites is 1. The first-order chi connectivity index (χ1) is 17.6. The van der Waals surface area contributed by atoms with Crippen molar-refractivity contribution in [3.8, 4) is 11.4 Å². The SMILES string of the molecule is O=C(c1ccccc1)c1ccccc1NC(=O)C1CCCN(Cc2nc(-c3ccc(Br)cc3)no2)C1. The number of halogens is 1. The molecule has 5 rings (SSSR count). The Morgan fingerprint density at radius 3 is 2.56 bits per heavy atom. The number of rotatable bonds is 7. The molecule has 0 saturated carbocycles. The summed E-state index contributed by atoms with van der Waals surface area (Å²) in [5.74, 6) is 0.660. The van der Waals surface area contributed by atoms with Crippen LogP contribution in [0.15, 0.2) is 87.9 Å². The molecule has 0 spiro atoms. The number of hydrogen-bond donors (Lipinski definition) is 1. The van der Waals surface area contributed by atoms with Crippen molar-refractivity contribution >= 4 is 33.3 Å². The second-order valence-electron chi connectivity index (χ2n) is 8.82. The summed E-state index contributed by atoms with van der Waals surface area (Å²) in [6, 6.07) is 24.0. The van der Waals surface area contributed by atoms with E-state index in [0.717, 1.165) is 29.4 Å². The minimum Gasteiger partial charge on any atom is -0.338 e. The lowest BCUT2D eigenvalue weighted by Gasteiger charge is -2.31. The quantitative estimate of drug-likeness (QED) is 0.305. The first-order valence-electron chi connectivity index (χ1n) is 11.9. The fourth-order valence-electron chi connectivity index (χ4n) is 4.41. The zero-order chi connectivity index (χ0) is 24.9. The molecule has 1 aromatic heterocycles. The zero-order valence-corrected chi connectivity index (χ0v) is 21.1. The second kappa shape index (κ2) is 11.0. The summed E-state index contributed by atoms with van der Waals surface area (Å²) in [5.41, 5.74) is 2.48. The lowest BCUT2D eigenvalue weighted by atomic mass is 9.96. The molecule has 1 amide bonds. The molecule has 182 valence electrons. The van der Waals surface area contributed by atoms with Gasteiger partial charge in [0.05, 0.1) is 18.2 Å². The predicted molar refractivity (Wildman–Crippen MR) is 140 cm³/mol. The number of nitrogens with zero attached hydrogens (tertiary/aromatic N) is 3. The zero-order valence-electron chi connectivity index (χ0n) is 19.6. The predicted octanol–water partition coefficient (Wildman–Crippen LogP) is 5.58. The number of piperidine rings is 1. The third-order valence-corrected chi connectivity index (χ3v) is 6.80. The van der Waals surface area contributed by atoms with Crippen LogP contribution in [0.1, 0.15) is 34.7 Å². The minimum absolute atomic E-state index is 0.0888. The third kappa shape index (κ3) is 5.61. The van der Waals surface area contributed by atoms with Gasteiger partial charge in [0.15, 0.2) is 5.78 Å². The Balaban J connectivity index is 1.23. The lowest BCUT2D eigenvalue weighted by molar-refractivity contribution is -0.121. The van der Waals surface area contributed by atoms with Crippen molar-refractivity contribution in [1.29, 1.82) is 0 Å². The number of amides is 1. The van der Waals surface area contributed by atoms with Crippen LogP contribution in [0.2, 0.25) is 0 Å². The Labute approximate surface area is 217 Å².